The zero-order chi connectivity index (χ0) is 3.28. The molecule has 0 aromatic heterocycles. The van der Waals surface area contributed by atoms with Gasteiger partial charge in [-0.1, -0.05) is 0 Å². The second-order valence-corrected chi connectivity index (χ2v) is 1.38. The summed E-state index contributed by atoms with van der Waals surface area (Å²) in [5, 5.41) is 0. The highest BCUT2D eigenvalue weighted by Gasteiger charge is 2.49. The van der Waals surface area contributed by atoms with Crippen molar-refractivity contribution in [2.24, 2.45) is 0 Å². The largest absolute Gasteiger partial charge is 0.347 e. The fourth-order valence-corrected chi connectivity index (χ4v) is 0.459. The topological polar surface area (TPSA) is 21.8 Å². The van der Waals surface area contributed by atoms with Gasteiger partial charge in [-0.25, -0.2) is 0 Å². The van der Waals surface area contributed by atoms with E-state index >= 15 is 0 Å². The number of epoxide rings is 1. The standard InChI is InChI=1S/C3H4O2/c1-2-3(4-1)5-2/h2-3H,1H2/t2-,3-/m0/s1. The molecule has 2 atom stereocenters. The van der Waals surface area contributed by atoms with Crippen LogP contribution in [0.3, 0.4) is 0 Å². The molecule has 2 rings (SSSR count). The summed E-state index contributed by atoms with van der Waals surface area (Å²) in [5.74, 6) is 0. The smallest absolute Gasteiger partial charge is 0.186 e. The van der Waals surface area contributed by atoms with E-state index in [0.717, 1.165) is 6.61 Å². The van der Waals surface area contributed by atoms with Crippen molar-refractivity contribution in [2.45, 2.75) is 12.4 Å². The minimum absolute atomic E-state index is 0.231. The van der Waals surface area contributed by atoms with Crippen LogP contribution < -0.4 is 0 Å². The maximum atomic E-state index is 4.81. The van der Waals surface area contributed by atoms with Crippen LogP contribution in [0.15, 0.2) is 0 Å². The Bertz CT molecular complexity index is 49.9. The van der Waals surface area contributed by atoms with Gasteiger partial charge in [0.2, 0.25) is 0 Å². The van der Waals surface area contributed by atoms with Crippen LogP contribution in [0.25, 0.3) is 0 Å². The number of ether oxygens (including phenoxy) is 2. The van der Waals surface area contributed by atoms with Crippen molar-refractivity contribution < 1.29 is 9.47 Å². The number of hydrogen-bond acceptors (Lipinski definition) is 2. The van der Waals surface area contributed by atoms with Gasteiger partial charge in [-0.2, -0.15) is 0 Å². The Labute approximate surface area is 29.7 Å². The minimum atomic E-state index is 0.231. The molecule has 2 heterocycles. The molecule has 0 aromatic carbocycles. The molecule has 5 heavy (non-hydrogen) atoms. The molecule has 2 saturated heterocycles. The molecular formula is C3H4O2. The molecule has 2 aliphatic heterocycles. The predicted octanol–water partition coefficient (Wildman–Crippen LogP) is -0.258. The van der Waals surface area contributed by atoms with Crippen LogP contribution >= 0.6 is 0 Å². The first-order valence-electron chi connectivity index (χ1n) is 1.74. The summed E-state index contributed by atoms with van der Waals surface area (Å²) in [4.78, 5) is 0. The molecule has 2 aliphatic rings. The van der Waals surface area contributed by atoms with E-state index < -0.39 is 0 Å². The normalized spacial score (nSPS) is 57.6. The lowest BCUT2D eigenvalue weighted by Crippen LogP contribution is -2.17. The molecule has 0 unspecified atom stereocenters. The quantitative estimate of drug-likeness (QED) is 0.368. The van der Waals surface area contributed by atoms with Gasteiger partial charge in [0, 0.05) is 0 Å². The van der Waals surface area contributed by atoms with E-state index in [4.69, 9.17) is 9.47 Å². The van der Waals surface area contributed by atoms with Crippen LogP contribution in [-0.2, 0) is 9.47 Å². The van der Waals surface area contributed by atoms with Gasteiger partial charge in [-0.15, -0.1) is 0 Å². The summed E-state index contributed by atoms with van der Waals surface area (Å²) in [6.07, 6.45) is 0.741. The predicted molar refractivity (Wildman–Crippen MR) is 14.6 cm³/mol. The van der Waals surface area contributed by atoms with Gasteiger partial charge >= 0.3 is 0 Å². The molecule has 0 aromatic rings. The number of fused-ring (bicyclic) bond motifs is 1. The van der Waals surface area contributed by atoms with Gasteiger partial charge in [-0.3, -0.25) is 0 Å². The molecule has 0 radical (unpaired) electrons. The number of rotatable bonds is 0. The Balaban J connectivity index is 2.19. The van der Waals surface area contributed by atoms with Crippen molar-refractivity contribution in [3.8, 4) is 0 Å². The lowest BCUT2D eigenvalue weighted by Gasteiger charge is -2.01. The zero-order valence-corrected chi connectivity index (χ0v) is 2.68. The first-order chi connectivity index (χ1) is 2.47. The third kappa shape index (κ3) is 0.121. The van der Waals surface area contributed by atoms with Crippen molar-refractivity contribution >= 4 is 0 Å². The van der Waals surface area contributed by atoms with Gasteiger partial charge in [0.1, 0.15) is 6.10 Å². The Morgan fingerprint density at radius 3 is 2.40 bits per heavy atom. The summed E-state index contributed by atoms with van der Waals surface area (Å²) < 4.78 is 9.59. The highest BCUT2D eigenvalue weighted by atomic mass is 16.8. The molecule has 0 amide bonds. The van der Waals surface area contributed by atoms with Crippen LogP contribution in [0.4, 0.5) is 0 Å². The molecule has 0 saturated carbocycles. The van der Waals surface area contributed by atoms with E-state index in [0.29, 0.717) is 6.10 Å². The number of hydrogen-bond donors (Lipinski definition) is 0. The van der Waals surface area contributed by atoms with Crippen LogP contribution in [-0.4, -0.2) is 19.0 Å². The van der Waals surface area contributed by atoms with Gasteiger partial charge in [0.05, 0.1) is 6.61 Å². The van der Waals surface area contributed by atoms with E-state index in [2.05, 4.69) is 0 Å². The molecule has 0 N–H and O–H groups in total. The minimum Gasteiger partial charge on any atom is -0.347 e. The monoisotopic (exact) mass is 72.0 g/mol. The molecule has 2 nitrogen and oxygen atoms in total. The average Bonchev–Trinajstić information content (AvgIpc) is 1.74. The molecule has 0 bridgehead atoms. The molecule has 2 heteroatoms. The van der Waals surface area contributed by atoms with Crippen molar-refractivity contribution in [1.29, 1.82) is 0 Å². The van der Waals surface area contributed by atoms with Crippen molar-refractivity contribution in [3.05, 3.63) is 0 Å². The second-order valence-electron chi connectivity index (χ2n) is 1.38. The van der Waals surface area contributed by atoms with Gasteiger partial charge < -0.3 is 9.47 Å². The summed E-state index contributed by atoms with van der Waals surface area (Å²) in [6, 6.07) is 0. The van der Waals surface area contributed by atoms with Crippen LogP contribution in [0.5, 0.6) is 0 Å². The van der Waals surface area contributed by atoms with Crippen LogP contribution in [0.2, 0.25) is 0 Å². The van der Waals surface area contributed by atoms with E-state index in [1.54, 1.807) is 0 Å². The second kappa shape index (κ2) is 0.420. The van der Waals surface area contributed by atoms with E-state index in [1.807, 2.05) is 0 Å². The maximum Gasteiger partial charge on any atom is 0.186 e. The average molecular weight is 72.1 g/mol. The van der Waals surface area contributed by atoms with E-state index in [-0.39, 0.29) is 6.29 Å². The van der Waals surface area contributed by atoms with E-state index in [9.17, 15) is 0 Å². The van der Waals surface area contributed by atoms with Crippen molar-refractivity contribution in [2.75, 3.05) is 6.61 Å². The van der Waals surface area contributed by atoms with E-state index in [1.165, 1.54) is 0 Å². The fourth-order valence-electron chi connectivity index (χ4n) is 0.459. The van der Waals surface area contributed by atoms with Gasteiger partial charge in [-0.05, 0) is 0 Å². The Kier molecular flexibility index (Phi) is 0.181. The molecule has 2 fully saturated rings. The third-order valence-corrected chi connectivity index (χ3v) is 0.961. The lowest BCUT2D eigenvalue weighted by atomic mass is 10.4. The first kappa shape index (κ1) is 2.16. The summed E-state index contributed by atoms with van der Waals surface area (Å²) in [5.41, 5.74) is 0. The SMILES string of the molecule is C1O[C@H]2O[C@@H]12. The summed E-state index contributed by atoms with van der Waals surface area (Å²) >= 11 is 0. The lowest BCUT2D eigenvalue weighted by molar-refractivity contribution is 0.0329. The summed E-state index contributed by atoms with van der Waals surface area (Å²) in [7, 11) is 0. The molecule has 0 aliphatic carbocycles. The maximum absolute atomic E-state index is 4.81. The van der Waals surface area contributed by atoms with Gasteiger partial charge in [0.25, 0.3) is 0 Å². The Hall–Kier alpha value is -0.0800. The molecule has 0 spiro atoms. The van der Waals surface area contributed by atoms with Crippen molar-refractivity contribution in [1.82, 2.24) is 0 Å². The molecular weight excluding hydrogens is 68.0 g/mol. The van der Waals surface area contributed by atoms with Crippen LogP contribution in [0.1, 0.15) is 0 Å². The Morgan fingerprint density at radius 2 is 2.40 bits per heavy atom. The zero-order valence-electron chi connectivity index (χ0n) is 2.68. The first-order valence-corrected chi connectivity index (χ1v) is 1.74. The highest BCUT2D eigenvalue weighted by Crippen LogP contribution is 2.32. The van der Waals surface area contributed by atoms with Crippen LogP contribution in [0, 0.1) is 0 Å². The fraction of sp³-hybridized carbons (Fsp3) is 1.00. The van der Waals surface area contributed by atoms with Gasteiger partial charge in [0.15, 0.2) is 6.29 Å². The summed E-state index contributed by atoms with van der Waals surface area (Å²) in [6.45, 7) is 0.838. The van der Waals surface area contributed by atoms with Crippen molar-refractivity contribution in [3.63, 3.8) is 0 Å². The third-order valence-electron chi connectivity index (χ3n) is 0.961. The highest BCUT2D eigenvalue weighted by molar-refractivity contribution is 4.84. The molecule has 28 valence electrons. The Morgan fingerprint density at radius 1 is 1.60 bits per heavy atom.